The van der Waals surface area contributed by atoms with Gasteiger partial charge >= 0.3 is 0 Å². The number of Topliss-reactive ketones (excluding diaryl/α,β-unsaturated/α-hetero) is 2. The maximum Gasteiger partial charge on any atom is 0.134 e. The second-order valence-electron chi connectivity index (χ2n) is 15.9. The van der Waals surface area contributed by atoms with Gasteiger partial charge in [-0.2, -0.15) is 0 Å². The van der Waals surface area contributed by atoms with E-state index in [-0.39, 0.29) is 11.6 Å². The number of carbonyl (C=O) groups excluding carboxylic acids is 2. The standard InChI is InChI=1S/C26H48N4.2C10H12O.2C2H6/c1-5-7-25-9-13-27(14-10-25)21-23(3)29-17-19-30(20-18-29)24(4)22-28-15-11-26(8-6-2)12-16-28;2*1-8-3-5-10(6-4-8)7-9(2)11;2*1-2/h25-26H,3-22H2,1-2H3;2*3-6H,7H2,1-2H3;2*1-2H3. The Morgan fingerprint density at radius 1 is 0.536 bits per heavy atom. The van der Waals surface area contributed by atoms with E-state index in [0.29, 0.717) is 12.8 Å². The third-order valence-electron chi connectivity index (χ3n) is 10.9. The van der Waals surface area contributed by atoms with Crippen molar-refractivity contribution in [1.82, 2.24) is 19.6 Å². The summed E-state index contributed by atoms with van der Waals surface area (Å²) in [6.07, 6.45) is 12.1. The van der Waals surface area contributed by atoms with Gasteiger partial charge in [0.15, 0.2) is 0 Å². The Hall–Kier alpha value is -3.22. The van der Waals surface area contributed by atoms with E-state index >= 15 is 0 Å². The van der Waals surface area contributed by atoms with E-state index in [4.69, 9.17) is 0 Å². The molecule has 56 heavy (non-hydrogen) atoms. The molecule has 6 nitrogen and oxygen atoms in total. The third-order valence-corrected chi connectivity index (χ3v) is 10.9. The Bertz CT molecular complexity index is 1240. The van der Waals surface area contributed by atoms with Crippen molar-refractivity contribution >= 4 is 11.6 Å². The first kappa shape index (κ1) is 50.8. The zero-order valence-electron chi connectivity index (χ0n) is 37.9. The van der Waals surface area contributed by atoms with Crippen LogP contribution in [0.15, 0.2) is 73.1 Å². The molecule has 0 radical (unpaired) electrons. The van der Waals surface area contributed by atoms with Gasteiger partial charge in [-0.05, 0) is 103 Å². The van der Waals surface area contributed by atoms with Gasteiger partial charge in [0, 0.05) is 63.5 Å². The number of hydrogen-bond acceptors (Lipinski definition) is 6. The smallest absolute Gasteiger partial charge is 0.134 e. The summed E-state index contributed by atoms with van der Waals surface area (Å²) in [6, 6.07) is 16.1. The molecule has 0 saturated carbocycles. The summed E-state index contributed by atoms with van der Waals surface area (Å²) >= 11 is 0. The molecule has 0 aliphatic carbocycles. The lowest BCUT2D eigenvalue weighted by molar-refractivity contribution is -0.117. The third kappa shape index (κ3) is 21.3. The summed E-state index contributed by atoms with van der Waals surface area (Å²) in [5.74, 6) is 2.36. The highest BCUT2D eigenvalue weighted by Crippen LogP contribution is 2.24. The van der Waals surface area contributed by atoms with Crippen LogP contribution in [-0.2, 0) is 22.4 Å². The molecule has 2 aromatic carbocycles. The molecule has 6 heteroatoms. The molecule has 3 fully saturated rings. The Labute approximate surface area is 345 Å². The van der Waals surface area contributed by atoms with E-state index in [9.17, 15) is 9.59 Å². The molecule has 3 aliphatic rings. The van der Waals surface area contributed by atoms with E-state index in [1.165, 1.54) is 100 Å². The molecule has 316 valence electrons. The molecular formula is C50H84N4O2. The minimum Gasteiger partial charge on any atom is -0.371 e. The lowest BCUT2D eigenvalue weighted by atomic mass is 9.92. The fraction of sp³-hybridized carbons (Fsp3) is 0.640. The lowest BCUT2D eigenvalue weighted by Crippen LogP contribution is -2.48. The molecule has 2 aromatic rings. The summed E-state index contributed by atoms with van der Waals surface area (Å²) < 4.78 is 0. The molecule has 0 unspecified atom stereocenters. The number of piperidine rings is 2. The maximum atomic E-state index is 10.7. The molecule has 0 N–H and O–H groups in total. The van der Waals surface area contributed by atoms with E-state index in [0.717, 1.165) is 62.2 Å². The van der Waals surface area contributed by atoms with Crippen molar-refractivity contribution in [2.24, 2.45) is 11.8 Å². The first-order valence-electron chi connectivity index (χ1n) is 22.4. The number of rotatable bonds is 14. The number of hydrogen-bond donors (Lipinski definition) is 0. The Kier molecular flexibility index (Phi) is 27.2. The largest absolute Gasteiger partial charge is 0.371 e. The number of aryl methyl sites for hydroxylation is 2. The normalized spacial score (nSPS) is 16.4. The molecular weight excluding hydrogens is 689 g/mol. The Morgan fingerprint density at radius 3 is 1.07 bits per heavy atom. The summed E-state index contributed by atoms with van der Waals surface area (Å²) in [5.41, 5.74) is 7.32. The first-order chi connectivity index (χ1) is 26.9. The van der Waals surface area contributed by atoms with E-state index in [1.54, 1.807) is 13.8 Å². The fourth-order valence-corrected chi connectivity index (χ4v) is 7.72. The summed E-state index contributed by atoms with van der Waals surface area (Å²) in [5, 5.41) is 0. The molecule has 5 rings (SSSR count). The van der Waals surface area contributed by atoms with Crippen LogP contribution >= 0.6 is 0 Å². The van der Waals surface area contributed by atoms with Gasteiger partial charge in [0.1, 0.15) is 11.6 Å². The number of ketones is 2. The maximum absolute atomic E-state index is 10.7. The quantitative estimate of drug-likeness (QED) is 0.191. The predicted molar refractivity (Wildman–Crippen MR) is 243 cm³/mol. The zero-order chi connectivity index (χ0) is 41.9. The van der Waals surface area contributed by atoms with Crippen LogP contribution < -0.4 is 0 Å². The van der Waals surface area contributed by atoms with Crippen molar-refractivity contribution in [2.45, 2.75) is 133 Å². The number of carbonyl (C=O) groups is 2. The zero-order valence-corrected chi connectivity index (χ0v) is 37.9. The predicted octanol–water partition coefficient (Wildman–Crippen LogP) is 11.0. The minimum atomic E-state index is 0.217. The SMILES string of the molecule is C=C(CN1CCC(CCC)CC1)N1CCN(C(=C)CN2CCC(CCC)CC2)CC1.CC.CC.CC(=O)Cc1ccc(C)cc1.CC(=O)Cc1ccc(C)cc1. The van der Waals surface area contributed by atoms with Gasteiger partial charge < -0.3 is 9.80 Å². The molecule has 0 aromatic heterocycles. The number of piperazine rings is 1. The highest BCUT2D eigenvalue weighted by molar-refractivity contribution is 5.78. The van der Waals surface area contributed by atoms with Crippen LogP contribution in [-0.4, -0.2) is 96.6 Å². The molecule has 0 amide bonds. The number of likely N-dealkylation sites (tertiary alicyclic amines) is 2. The topological polar surface area (TPSA) is 47.1 Å². The van der Waals surface area contributed by atoms with Crippen molar-refractivity contribution < 1.29 is 9.59 Å². The summed E-state index contributed by atoms with van der Waals surface area (Å²) in [6.45, 7) is 40.4. The van der Waals surface area contributed by atoms with Crippen molar-refractivity contribution in [1.29, 1.82) is 0 Å². The van der Waals surface area contributed by atoms with E-state index < -0.39 is 0 Å². The van der Waals surface area contributed by atoms with Crippen LogP contribution in [0, 0.1) is 25.7 Å². The van der Waals surface area contributed by atoms with Crippen molar-refractivity contribution in [2.75, 3.05) is 65.4 Å². The minimum absolute atomic E-state index is 0.217. The monoisotopic (exact) mass is 773 g/mol. The van der Waals surface area contributed by atoms with Crippen LogP contribution in [0.3, 0.4) is 0 Å². The van der Waals surface area contributed by atoms with Gasteiger partial charge in [0.25, 0.3) is 0 Å². The van der Waals surface area contributed by atoms with Gasteiger partial charge in [-0.3, -0.25) is 19.4 Å². The average molecular weight is 773 g/mol. The number of benzene rings is 2. The molecule has 0 atom stereocenters. The van der Waals surface area contributed by atoms with Gasteiger partial charge in [-0.1, -0.05) is 140 Å². The summed E-state index contributed by atoms with van der Waals surface area (Å²) in [7, 11) is 0. The van der Waals surface area contributed by atoms with Crippen molar-refractivity contribution in [3.63, 3.8) is 0 Å². The Balaban J connectivity index is 0.000000492. The van der Waals surface area contributed by atoms with E-state index in [1.807, 2.05) is 90.1 Å². The fourth-order valence-electron chi connectivity index (χ4n) is 7.72. The molecule has 3 saturated heterocycles. The van der Waals surface area contributed by atoms with Crippen LogP contribution in [0.1, 0.15) is 129 Å². The lowest BCUT2D eigenvalue weighted by Gasteiger charge is -2.42. The Morgan fingerprint density at radius 2 is 0.821 bits per heavy atom. The van der Waals surface area contributed by atoms with Crippen molar-refractivity contribution in [3.8, 4) is 0 Å². The van der Waals surface area contributed by atoms with Gasteiger partial charge in [0.05, 0.1) is 0 Å². The van der Waals surface area contributed by atoms with Crippen LogP contribution in [0.5, 0.6) is 0 Å². The molecule has 0 spiro atoms. The highest BCUT2D eigenvalue weighted by atomic mass is 16.1. The van der Waals surface area contributed by atoms with Crippen LogP contribution in [0.4, 0.5) is 0 Å². The second kappa shape index (κ2) is 29.9. The second-order valence-corrected chi connectivity index (χ2v) is 15.9. The molecule has 3 heterocycles. The average Bonchev–Trinajstić information content (AvgIpc) is 3.20. The van der Waals surface area contributed by atoms with Gasteiger partial charge in [-0.15, -0.1) is 0 Å². The molecule has 3 aliphatic heterocycles. The molecule has 0 bridgehead atoms. The first-order valence-corrected chi connectivity index (χ1v) is 22.4. The van der Waals surface area contributed by atoms with Gasteiger partial charge in [-0.25, -0.2) is 0 Å². The summed E-state index contributed by atoms with van der Waals surface area (Å²) in [4.78, 5) is 31.7. The van der Waals surface area contributed by atoms with E-state index in [2.05, 4.69) is 46.6 Å². The van der Waals surface area contributed by atoms with Crippen LogP contribution in [0.2, 0.25) is 0 Å². The highest BCUT2D eigenvalue weighted by Gasteiger charge is 2.24. The van der Waals surface area contributed by atoms with Gasteiger partial charge in [0.2, 0.25) is 0 Å². The van der Waals surface area contributed by atoms with Crippen LogP contribution in [0.25, 0.3) is 0 Å². The van der Waals surface area contributed by atoms with Crippen molar-refractivity contribution in [3.05, 3.63) is 95.3 Å². The number of nitrogens with zero attached hydrogens (tertiary/aromatic N) is 4.